The first-order chi connectivity index (χ1) is 14.1. The van der Waals surface area contributed by atoms with Gasteiger partial charge in [0.2, 0.25) is 11.7 Å². The zero-order chi connectivity index (χ0) is 20.4. The summed E-state index contributed by atoms with van der Waals surface area (Å²) >= 11 is 0. The second-order valence-corrected chi connectivity index (χ2v) is 6.40. The van der Waals surface area contributed by atoms with Crippen LogP contribution in [0.1, 0.15) is 23.0 Å². The lowest BCUT2D eigenvalue weighted by molar-refractivity contribution is -0.116. The van der Waals surface area contributed by atoms with Crippen LogP contribution in [0, 0.1) is 0 Å². The fraction of sp³-hybridized carbons (Fsp3) is 0.0909. The van der Waals surface area contributed by atoms with E-state index in [2.05, 4.69) is 16.7 Å². The number of hydrogen-bond donors (Lipinski definition) is 0. The molecule has 0 radical (unpaired) electrons. The maximum Gasteiger partial charge on any atom is 0.233 e. The lowest BCUT2D eigenvalue weighted by Crippen LogP contribution is -2.28. The molecule has 4 rings (SSSR count). The van der Waals surface area contributed by atoms with Gasteiger partial charge in [-0.15, -0.1) is 6.58 Å². The number of hydrogen-bond acceptors (Lipinski definition) is 5. The summed E-state index contributed by atoms with van der Waals surface area (Å²) < 4.78 is 6.82. The van der Waals surface area contributed by atoms with Gasteiger partial charge < -0.3 is 9.32 Å². The first-order valence-electron chi connectivity index (χ1n) is 9.00. The maximum atomic E-state index is 12.7. The molecule has 0 aliphatic rings. The fourth-order valence-corrected chi connectivity index (χ4v) is 3.19. The molecule has 0 saturated heterocycles. The van der Waals surface area contributed by atoms with Gasteiger partial charge in [0.25, 0.3) is 0 Å². The lowest BCUT2D eigenvalue weighted by Gasteiger charge is -2.20. The van der Waals surface area contributed by atoms with E-state index in [0.717, 1.165) is 16.9 Å². The number of ketones is 1. The predicted octanol–water partition coefficient (Wildman–Crippen LogP) is 3.76. The van der Waals surface area contributed by atoms with Gasteiger partial charge in [0, 0.05) is 30.9 Å². The highest BCUT2D eigenvalue weighted by atomic mass is 16.3. The molecule has 144 valence electrons. The van der Waals surface area contributed by atoms with Crippen molar-refractivity contribution in [3.05, 3.63) is 85.1 Å². The van der Waals surface area contributed by atoms with E-state index in [1.54, 1.807) is 33.8 Å². The van der Waals surface area contributed by atoms with E-state index in [1.807, 2.05) is 30.3 Å². The van der Waals surface area contributed by atoms with Crippen LogP contribution in [-0.4, -0.2) is 32.8 Å². The standard InChI is InChI=1S/C22H18N4O3/c1-3-11-25(15(2)27)17-7-4-6-16(13-17)19-9-10-23-22-18(14-24-26(19)22)21(28)20-8-5-12-29-20/h3-10,12-14H,1,11H2,2H3. The van der Waals surface area contributed by atoms with Crippen molar-refractivity contribution in [2.24, 2.45) is 0 Å². The molecule has 0 spiro atoms. The molecule has 0 bridgehead atoms. The smallest absolute Gasteiger partial charge is 0.233 e. The lowest BCUT2D eigenvalue weighted by atomic mass is 10.1. The number of anilines is 1. The van der Waals surface area contributed by atoms with Gasteiger partial charge in [-0.25, -0.2) is 9.50 Å². The SMILES string of the molecule is C=CCN(C(C)=O)c1cccc(-c2ccnc3c(C(=O)c4ccco4)cnn23)c1. The summed E-state index contributed by atoms with van der Waals surface area (Å²) in [5.74, 6) is -0.125. The number of fused-ring (bicyclic) bond motifs is 1. The number of amides is 1. The Balaban J connectivity index is 1.80. The molecule has 1 aromatic carbocycles. The van der Waals surface area contributed by atoms with E-state index < -0.39 is 0 Å². The summed E-state index contributed by atoms with van der Waals surface area (Å²) in [6.07, 6.45) is 6.25. The largest absolute Gasteiger partial charge is 0.461 e. The van der Waals surface area contributed by atoms with Gasteiger partial charge in [0.15, 0.2) is 11.4 Å². The van der Waals surface area contributed by atoms with Crippen molar-refractivity contribution in [2.75, 3.05) is 11.4 Å². The minimum absolute atomic E-state index is 0.0765. The number of rotatable bonds is 6. The third-order valence-corrected chi connectivity index (χ3v) is 4.54. The highest BCUT2D eigenvalue weighted by molar-refractivity contribution is 6.10. The number of benzene rings is 1. The third-order valence-electron chi connectivity index (χ3n) is 4.54. The average Bonchev–Trinajstić information content (AvgIpc) is 3.41. The van der Waals surface area contributed by atoms with Gasteiger partial charge in [-0.05, 0) is 30.3 Å². The van der Waals surface area contributed by atoms with Gasteiger partial charge in [0.05, 0.1) is 23.7 Å². The van der Waals surface area contributed by atoms with Gasteiger partial charge in [-0.3, -0.25) is 9.59 Å². The summed E-state index contributed by atoms with van der Waals surface area (Å²) in [5, 5.41) is 4.37. The first-order valence-corrected chi connectivity index (χ1v) is 9.00. The Labute approximate surface area is 166 Å². The molecular weight excluding hydrogens is 368 g/mol. The van der Waals surface area contributed by atoms with Gasteiger partial charge in [0.1, 0.15) is 0 Å². The van der Waals surface area contributed by atoms with Crippen LogP contribution in [0.3, 0.4) is 0 Å². The summed E-state index contributed by atoms with van der Waals surface area (Å²) in [5.41, 5.74) is 3.13. The third kappa shape index (κ3) is 3.34. The summed E-state index contributed by atoms with van der Waals surface area (Å²) in [6, 6.07) is 12.6. The molecule has 3 heterocycles. The average molecular weight is 386 g/mol. The zero-order valence-corrected chi connectivity index (χ0v) is 15.8. The van der Waals surface area contributed by atoms with Crippen LogP contribution in [0.2, 0.25) is 0 Å². The molecule has 0 aliphatic heterocycles. The maximum absolute atomic E-state index is 12.7. The van der Waals surface area contributed by atoms with Crippen LogP contribution >= 0.6 is 0 Å². The Morgan fingerprint density at radius 3 is 2.83 bits per heavy atom. The van der Waals surface area contributed by atoms with Crippen molar-refractivity contribution < 1.29 is 14.0 Å². The Morgan fingerprint density at radius 1 is 1.24 bits per heavy atom. The Bertz CT molecular complexity index is 1210. The molecule has 4 aromatic rings. The predicted molar refractivity (Wildman–Crippen MR) is 109 cm³/mol. The van der Waals surface area contributed by atoms with E-state index in [-0.39, 0.29) is 17.5 Å². The summed E-state index contributed by atoms with van der Waals surface area (Å²) in [4.78, 5) is 30.6. The summed E-state index contributed by atoms with van der Waals surface area (Å²) in [6.45, 7) is 5.64. The minimum atomic E-state index is -0.280. The van der Waals surface area contributed by atoms with Crippen LogP contribution in [-0.2, 0) is 4.79 Å². The summed E-state index contributed by atoms with van der Waals surface area (Å²) in [7, 11) is 0. The number of carbonyl (C=O) groups excluding carboxylic acids is 2. The Kier molecular flexibility index (Phi) is 4.78. The molecule has 0 N–H and O–H groups in total. The van der Waals surface area contributed by atoms with Crippen LogP contribution in [0.5, 0.6) is 0 Å². The number of carbonyl (C=O) groups is 2. The molecule has 0 fully saturated rings. The van der Waals surface area contributed by atoms with Crippen LogP contribution < -0.4 is 4.90 Å². The second kappa shape index (κ2) is 7.55. The van der Waals surface area contributed by atoms with Crippen molar-refractivity contribution in [3.8, 4) is 11.3 Å². The zero-order valence-electron chi connectivity index (χ0n) is 15.8. The molecule has 7 heteroatoms. The van der Waals surface area contributed by atoms with E-state index in [4.69, 9.17) is 4.42 Å². The van der Waals surface area contributed by atoms with E-state index in [9.17, 15) is 9.59 Å². The Morgan fingerprint density at radius 2 is 2.10 bits per heavy atom. The molecule has 1 amide bonds. The van der Waals surface area contributed by atoms with Gasteiger partial charge in [-0.2, -0.15) is 5.10 Å². The topological polar surface area (TPSA) is 80.7 Å². The van der Waals surface area contributed by atoms with Crippen molar-refractivity contribution in [1.82, 2.24) is 14.6 Å². The molecule has 7 nitrogen and oxygen atoms in total. The highest BCUT2D eigenvalue weighted by Crippen LogP contribution is 2.26. The monoisotopic (exact) mass is 386 g/mol. The van der Waals surface area contributed by atoms with Crippen molar-refractivity contribution in [1.29, 1.82) is 0 Å². The quantitative estimate of drug-likeness (QED) is 0.372. The molecular formula is C22H18N4O3. The van der Waals surface area contributed by atoms with Gasteiger partial charge in [-0.1, -0.05) is 18.2 Å². The van der Waals surface area contributed by atoms with Crippen LogP contribution in [0.15, 0.2) is 78.2 Å². The minimum Gasteiger partial charge on any atom is -0.461 e. The van der Waals surface area contributed by atoms with E-state index in [1.165, 1.54) is 19.4 Å². The number of furan rings is 1. The fourth-order valence-electron chi connectivity index (χ4n) is 3.19. The second-order valence-electron chi connectivity index (χ2n) is 6.40. The van der Waals surface area contributed by atoms with E-state index >= 15 is 0 Å². The molecule has 0 aliphatic carbocycles. The van der Waals surface area contributed by atoms with Gasteiger partial charge >= 0.3 is 0 Å². The van der Waals surface area contributed by atoms with Crippen molar-refractivity contribution >= 4 is 23.0 Å². The number of aromatic nitrogens is 3. The normalized spacial score (nSPS) is 10.8. The molecule has 0 saturated carbocycles. The van der Waals surface area contributed by atoms with E-state index in [0.29, 0.717) is 17.8 Å². The van der Waals surface area contributed by atoms with Crippen molar-refractivity contribution in [3.63, 3.8) is 0 Å². The number of nitrogens with zero attached hydrogens (tertiary/aromatic N) is 4. The van der Waals surface area contributed by atoms with Crippen LogP contribution in [0.25, 0.3) is 16.9 Å². The molecule has 0 atom stereocenters. The molecule has 29 heavy (non-hydrogen) atoms. The Hall–Kier alpha value is -4.00. The molecule has 3 aromatic heterocycles. The first kappa shape index (κ1) is 18.4. The van der Waals surface area contributed by atoms with Crippen molar-refractivity contribution in [2.45, 2.75) is 6.92 Å². The molecule has 0 unspecified atom stereocenters. The highest BCUT2D eigenvalue weighted by Gasteiger charge is 2.20. The van der Waals surface area contributed by atoms with Crippen LogP contribution in [0.4, 0.5) is 5.69 Å².